The van der Waals surface area contributed by atoms with Crippen LogP contribution in [0.3, 0.4) is 0 Å². The Bertz CT molecular complexity index is 600. The number of hydrogen-bond donors (Lipinski definition) is 2. The molecule has 0 aliphatic carbocycles. The molecular weight excluding hydrogens is 278 g/mol. The molecule has 0 radical (unpaired) electrons. The summed E-state index contributed by atoms with van der Waals surface area (Å²) in [6.45, 7) is 4.87. The highest BCUT2D eigenvalue weighted by atomic mass is 16.6. The van der Waals surface area contributed by atoms with Gasteiger partial charge in [-0.3, -0.25) is 4.65 Å². The topological polar surface area (TPSA) is 78.2 Å². The highest BCUT2D eigenvalue weighted by Crippen LogP contribution is 2.42. The van der Waals surface area contributed by atoms with Gasteiger partial charge < -0.3 is 16.3 Å². The normalized spacial score (nSPS) is 38.6. The minimum absolute atomic E-state index is 0.124. The molecule has 22 heavy (non-hydrogen) atoms. The second-order valence-electron chi connectivity index (χ2n) is 7.11. The highest BCUT2D eigenvalue weighted by molar-refractivity contribution is 5.80. The Morgan fingerprint density at radius 1 is 1.36 bits per heavy atom. The molecule has 0 spiro atoms. The summed E-state index contributed by atoms with van der Waals surface area (Å²) in [6, 6.07) is 5.80. The van der Waals surface area contributed by atoms with Gasteiger partial charge in [0, 0.05) is 30.6 Å². The van der Waals surface area contributed by atoms with Crippen molar-refractivity contribution >= 4 is 11.6 Å². The monoisotopic (exact) mass is 303 g/mol. The third-order valence-electron chi connectivity index (χ3n) is 5.45. The molecule has 0 bridgehead atoms. The number of carbonyl (C=O) groups is 1. The van der Waals surface area contributed by atoms with E-state index in [4.69, 9.17) is 5.73 Å². The van der Waals surface area contributed by atoms with Gasteiger partial charge in [0.25, 0.3) is 0 Å². The van der Waals surface area contributed by atoms with Crippen LogP contribution < -0.4 is 11.1 Å². The van der Waals surface area contributed by atoms with Gasteiger partial charge >= 0.3 is 5.91 Å². The van der Waals surface area contributed by atoms with Gasteiger partial charge in [0.05, 0.1) is 7.05 Å². The van der Waals surface area contributed by atoms with Crippen molar-refractivity contribution in [2.75, 3.05) is 19.3 Å². The first-order valence-corrected chi connectivity index (χ1v) is 8.01. The number of likely N-dealkylation sites (N-methyl/N-ethyl adjacent to an activating group) is 1. The third-order valence-corrected chi connectivity index (χ3v) is 5.45. The highest BCUT2D eigenvalue weighted by Gasteiger charge is 2.50. The number of hydrogen-bond acceptors (Lipinski definition) is 4. The van der Waals surface area contributed by atoms with Crippen LogP contribution in [0.15, 0.2) is 18.2 Å². The van der Waals surface area contributed by atoms with Crippen LogP contribution in [0.4, 0.5) is 5.69 Å². The molecule has 3 N–H and O–H groups in total. The predicted octanol–water partition coefficient (Wildman–Crippen LogP) is 1.90. The van der Waals surface area contributed by atoms with Crippen molar-refractivity contribution in [3.63, 3.8) is 0 Å². The van der Waals surface area contributed by atoms with E-state index in [0.717, 1.165) is 30.5 Å². The second kappa shape index (κ2) is 5.33. The lowest BCUT2D eigenvalue weighted by atomic mass is 9.74. The fourth-order valence-corrected chi connectivity index (χ4v) is 4.14. The SMILES string of the molecule is Cc1ccc(N)cc1C1CC2CNC(C)CC2[N+](C)([O-])C1=O. The van der Waals surface area contributed by atoms with Gasteiger partial charge in [0.1, 0.15) is 12.0 Å². The number of carbonyl (C=O) groups excluding carboxylic acids is 1. The molecule has 2 aliphatic heterocycles. The van der Waals surface area contributed by atoms with Crippen molar-refractivity contribution < 1.29 is 9.44 Å². The molecule has 2 saturated heterocycles. The van der Waals surface area contributed by atoms with Crippen LogP contribution >= 0.6 is 0 Å². The quantitative estimate of drug-likeness (QED) is 0.472. The standard InChI is InChI=1S/C17H25N3O2/c1-10-4-5-13(18)8-14(10)15-7-12-9-19-11(2)6-16(12)20(3,22)17(15)21/h4-5,8,11-12,15-16,19H,6-7,9,18H2,1-3H3. The Morgan fingerprint density at radius 2 is 2.09 bits per heavy atom. The number of amides is 1. The maximum absolute atomic E-state index is 13.1. The molecule has 5 heteroatoms. The number of aryl methyl sites for hydroxylation is 1. The number of fused-ring (bicyclic) bond motifs is 1. The van der Waals surface area contributed by atoms with E-state index in [0.29, 0.717) is 11.7 Å². The van der Waals surface area contributed by atoms with Crippen molar-refractivity contribution in [3.8, 4) is 0 Å². The lowest BCUT2D eigenvalue weighted by molar-refractivity contribution is -0.822. The number of nitrogen functional groups attached to an aromatic ring is 1. The summed E-state index contributed by atoms with van der Waals surface area (Å²) >= 11 is 0. The number of hydroxylamine groups is 3. The van der Waals surface area contributed by atoms with Crippen molar-refractivity contribution in [3.05, 3.63) is 34.5 Å². The van der Waals surface area contributed by atoms with Crippen molar-refractivity contribution in [2.45, 2.75) is 44.7 Å². The van der Waals surface area contributed by atoms with Crippen LogP contribution in [-0.2, 0) is 4.79 Å². The van der Waals surface area contributed by atoms with Gasteiger partial charge in [-0.15, -0.1) is 0 Å². The first kappa shape index (κ1) is 15.5. The first-order valence-electron chi connectivity index (χ1n) is 8.01. The van der Waals surface area contributed by atoms with Gasteiger partial charge in [-0.2, -0.15) is 0 Å². The summed E-state index contributed by atoms with van der Waals surface area (Å²) < 4.78 is -0.754. The van der Waals surface area contributed by atoms with E-state index in [1.54, 1.807) is 0 Å². The number of anilines is 1. The molecule has 2 heterocycles. The molecule has 5 nitrogen and oxygen atoms in total. The summed E-state index contributed by atoms with van der Waals surface area (Å²) in [5.41, 5.74) is 8.48. The number of piperidine rings is 2. The zero-order valence-electron chi connectivity index (χ0n) is 13.5. The number of benzene rings is 1. The lowest BCUT2D eigenvalue weighted by Crippen LogP contribution is -2.65. The van der Waals surface area contributed by atoms with Gasteiger partial charge in [-0.1, -0.05) is 6.07 Å². The van der Waals surface area contributed by atoms with Crippen molar-refractivity contribution in [2.24, 2.45) is 5.92 Å². The summed E-state index contributed by atoms with van der Waals surface area (Å²) in [5.74, 6) is -0.325. The summed E-state index contributed by atoms with van der Waals surface area (Å²) in [5, 5.41) is 16.5. The Kier molecular flexibility index (Phi) is 3.75. The maximum Gasteiger partial charge on any atom is 0.321 e. The molecule has 2 aliphatic rings. The zero-order chi connectivity index (χ0) is 16.1. The molecule has 0 aromatic heterocycles. The van der Waals surface area contributed by atoms with Crippen LogP contribution in [0.5, 0.6) is 0 Å². The summed E-state index contributed by atoms with van der Waals surface area (Å²) in [6.07, 6.45) is 1.50. The summed E-state index contributed by atoms with van der Waals surface area (Å²) in [7, 11) is 1.53. The smallest absolute Gasteiger partial charge is 0.321 e. The fraction of sp³-hybridized carbons (Fsp3) is 0.588. The van der Waals surface area contributed by atoms with E-state index in [2.05, 4.69) is 12.2 Å². The lowest BCUT2D eigenvalue weighted by Gasteiger charge is -2.54. The molecule has 5 unspecified atom stereocenters. The largest absolute Gasteiger partial charge is 0.625 e. The molecule has 2 fully saturated rings. The van der Waals surface area contributed by atoms with Gasteiger partial charge in [-0.25, -0.2) is 4.79 Å². The van der Waals surface area contributed by atoms with E-state index >= 15 is 0 Å². The van der Waals surface area contributed by atoms with E-state index in [1.807, 2.05) is 25.1 Å². The van der Waals surface area contributed by atoms with Crippen LogP contribution in [0.2, 0.25) is 0 Å². The average Bonchev–Trinajstić information content (AvgIpc) is 2.47. The molecule has 3 rings (SSSR count). The van der Waals surface area contributed by atoms with Crippen LogP contribution in [0, 0.1) is 18.0 Å². The molecule has 1 aromatic rings. The van der Waals surface area contributed by atoms with E-state index in [1.165, 1.54) is 7.05 Å². The van der Waals surface area contributed by atoms with Crippen molar-refractivity contribution in [1.82, 2.24) is 5.32 Å². The third kappa shape index (κ3) is 2.43. The number of likely N-dealkylation sites (tertiary alicyclic amines) is 1. The number of quaternary nitrogens is 1. The van der Waals surface area contributed by atoms with Gasteiger partial charge in [-0.05, 0) is 43.5 Å². The number of nitrogens with two attached hydrogens (primary N) is 1. The minimum Gasteiger partial charge on any atom is -0.625 e. The Labute approximate surface area is 131 Å². The molecule has 5 atom stereocenters. The first-order chi connectivity index (χ1) is 10.3. The number of nitrogens with one attached hydrogen (secondary N) is 1. The predicted molar refractivity (Wildman–Crippen MR) is 86.9 cm³/mol. The minimum atomic E-state index is -0.754. The van der Waals surface area contributed by atoms with Crippen LogP contribution in [0.1, 0.15) is 36.8 Å². The number of rotatable bonds is 1. The molecule has 0 saturated carbocycles. The maximum atomic E-state index is 13.1. The Balaban J connectivity index is 1.98. The van der Waals surface area contributed by atoms with Crippen LogP contribution in [-0.4, -0.2) is 36.2 Å². The van der Waals surface area contributed by atoms with Crippen LogP contribution in [0.25, 0.3) is 0 Å². The van der Waals surface area contributed by atoms with Gasteiger partial charge in [0.2, 0.25) is 0 Å². The van der Waals surface area contributed by atoms with Crippen molar-refractivity contribution in [1.29, 1.82) is 0 Å². The number of nitrogens with zero attached hydrogens (tertiary/aromatic N) is 1. The Morgan fingerprint density at radius 3 is 2.82 bits per heavy atom. The molecule has 1 amide bonds. The van der Waals surface area contributed by atoms with E-state index in [9.17, 15) is 10.0 Å². The Hall–Kier alpha value is -1.43. The fourth-order valence-electron chi connectivity index (χ4n) is 4.14. The average molecular weight is 303 g/mol. The van der Waals surface area contributed by atoms with E-state index < -0.39 is 4.65 Å². The van der Waals surface area contributed by atoms with Gasteiger partial charge in [0.15, 0.2) is 0 Å². The molecular formula is C17H25N3O2. The summed E-state index contributed by atoms with van der Waals surface area (Å²) in [4.78, 5) is 12.9. The molecule has 1 aromatic carbocycles. The molecule has 120 valence electrons. The second-order valence-corrected chi connectivity index (χ2v) is 7.11. The van der Waals surface area contributed by atoms with E-state index in [-0.39, 0.29) is 23.8 Å². The zero-order valence-corrected chi connectivity index (χ0v) is 13.5.